The minimum atomic E-state index is -4.77. The molecule has 1 aliphatic heterocycles. The van der Waals surface area contributed by atoms with Gasteiger partial charge in [-0.2, -0.15) is 8.42 Å². The summed E-state index contributed by atoms with van der Waals surface area (Å²) < 4.78 is 35.3. The molecule has 1 fully saturated rings. The van der Waals surface area contributed by atoms with Crippen molar-refractivity contribution in [2.45, 2.75) is 11.7 Å². The predicted molar refractivity (Wildman–Crippen MR) is 74.9 cm³/mol. The van der Waals surface area contributed by atoms with Crippen molar-refractivity contribution in [1.29, 1.82) is 0 Å². The fraction of sp³-hybridized carbons (Fsp3) is 0.300. The average Bonchev–Trinajstić information content (AvgIpc) is 2.59. The van der Waals surface area contributed by atoms with Gasteiger partial charge in [-0.25, -0.2) is 0 Å². The standard InChI is InChI=1S/C10H7BrCl2FNO3S/c11-5-1-7(12)10(8(13)2-5)15-4-6(3-9(15)16)19(14,17)18/h1-2,6H,3-4H2. The molecule has 0 spiro atoms. The van der Waals surface area contributed by atoms with Crippen molar-refractivity contribution in [1.82, 2.24) is 0 Å². The van der Waals surface area contributed by atoms with Crippen molar-refractivity contribution < 1.29 is 17.1 Å². The number of rotatable bonds is 2. The topological polar surface area (TPSA) is 54.5 Å². The smallest absolute Gasteiger partial charge is 0.307 e. The molecule has 1 amide bonds. The molecule has 19 heavy (non-hydrogen) atoms. The van der Waals surface area contributed by atoms with Crippen LogP contribution in [0, 0.1) is 0 Å². The maximum Gasteiger partial charge on any atom is 0.307 e. The normalized spacial score (nSPS) is 20.1. The maximum absolute atomic E-state index is 12.9. The van der Waals surface area contributed by atoms with Crippen LogP contribution in [0.25, 0.3) is 0 Å². The van der Waals surface area contributed by atoms with Gasteiger partial charge in [0.05, 0.1) is 15.7 Å². The molecule has 0 aliphatic carbocycles. The van der Waals surface area contributed by atoms with E-state index in [-0.39, 0.29) is 22.3 Å². The number of carbonyl (C=O) groups is 1. The van der Waals surface area contributed by atoms with Gasteiger partial charge >= 0.3 is 10.2 Å². The first-order chi connectivity index (χ1) is 8.70. The average molecular weight is 391 g/mol. The molecule has 0 radical (unpaired) electrons. The summed E-state index contributed by atoms with van der Waals surface area (Å²) in [6.45, 7) is -0.293. The minimum absolute atomic E-state index is 0.185. The molecule has 1 aromatic carbocycles. The van der Waals surface area contributed by atoms with E-state index in [9.17, 15) is 17.1 Å². The van der Waals surface area contributed by atoms with Crippen LogP contribution in [-0.4, -0.2) is 26.1 Å². The van der Waals surface area contributed by atoms with Gasteiger partial charge in [0.25, 0.3) is 0 Å². The molecule has 0 bridgehead atoms. The molecule has 1 heterocycles. The molecule has 0 saturated carbocycles. The Bertz CT molecular complexity index is 629. The highest BCUT2D eigenvalue weighted by Crippen LogP contribution is 2.39. The van der Waals surface area contributed by atoms with Crippen molar-refractivity contribution in [3.05, 3.63) is 26.7 Å². The van der Waals surface area contributed by atoms with Crippen LogP contribution in [-0.2, 0) is 15.0 Å². The molecule has 4 nitrogen and oxygen atoms in total. The number of halogens is 4. The van der Waals surface area contributed by atoms with Gasteiger partial charge in [0, 0.05) is 17.4 Å². The quantitative estimate of drug-likeness (QED) is 0.729. The molecule has 0 aromatic heterocycles. The third-order valence-electron chi connectivity index (χ3n) is 2.74. The van der Waals surface area contributed by atoms with E-state index >= 15 is 0 Å². The molecule has 1 saturated heterocycles. The zero-order chi connectivity index (χ0) is 14.4. The van der Waals surface area contributed by atoms with Crippen LogP contribution in [0.5, 0.6) is 0 Å². The number of benzene rings is 1. The lowest BCUT2D eigenvalue weighted by Crippen LogP contribution is -2.27. The largest absolute Gasteiger partial charge is 0.308 e. The maximum atomic E-state index is 12.9. The molecule has 2 rings (SSSR count). The van der Waals surface area contributed by atoms with Crippen LogP contribution in [0.15, 0.2) is 16.6 Å². The van der Waals surface area contributed by atoms with E-state index in [1.54, 1.807) is 0 Å². The van der Waals surface area contributed by atoms with E-state index in [4.69, 9.17) is 23.2 Å². The van der Waals surface area contributed by atoms with Gasteiger partial charge in [0.2, 0.25) is 5.91 Å². The number of carbonyl (C=O) groups excluding carboxylic acids is 1. The molecular weight excluding hydrogens is 384 g/mol. The van der Waals surface area contributed by atoms with Crippen molar-refractivity contribution in [3.8, 4) is 0 Å². The van der Waals surface area contributed by atoms with E-state index in [0.717, 1.165) is 4.90 Å². The highest BCUT2D eigenvalue weighted by molar-refractivity contribution is 9.10. The summed E-state index contributed by atoms with van der Waals surface area (Å²) in [7, 11) is -4.77. The lowest BCUT2D eigenvalue weighted by molar-refractivity contribution is -0.117. The van der Waals surface area contributed by atoms with Gasteiger partial charge in [-0.3, -0.25) is 4.79 Å². The van der Waals surface area contributed by atoms with Crippen molar-refractivity contribution in [2.75, 3.05) is 11.4 Å². The van der Waals surface area contributed by atoms with E-state index in [0.29, 0.717) is 4.47 Å². The Balaban J connectivity index is 2.42. The Hall–Kier alpha value is -0.370. The number of hydrogen-bond donors (Lipinski definition) is 0. The zero-order valence-electron chi connectivity index (χ0n) is 9.24. The van der Waals surface area contributed by atoms with Gasteiger partial charge in [-0.15, -0.1) is 3.89 Å². The zero-order valence-corrected chi connectivity index (χ0v) is 13.2. The first kappa shape index (κ1) is 15.0. The molecule has 1 unspecified atom stereocenters. The van der Waals surface area contributed by atoms with Crippen LogP contribution in [0.4, 0.5) is 9.57 Å². The van der Waals surface area contributed by atoms with E-state index in [2.05, 4.69) is 15.9 Å². The second-order valence-corrected chi connectivity index (χ2v) is 7.37. The molecule has 1 aromatic rings. The summed E-state index contributed by atoms with van der Waals surface area (Å²) in [6.07, 6.45) is -0.415. The number of hydrogen-bond acceptors (Lipinski definition) is 3. The van der Waals surface area contributed by atoms with Crippen LogP contribution in [0.3, 0.4) is 0 Å². The summed E-state index contributed by atoms with van der Waals surface area (Å²) in [5.41, 5.74) is 0.197. The van der Waals surface area contributed by atoms with Crippen LogP contribution in [0.1, 0.15) is 6.42 Å². The third kappa shape index (κ3) is 3.04. The second kappa shape index (κ2) is 5.20. The molecular formula is C10H7BrCl2FNO3S. The number of anilines is 1. The highest BCUT2D eigenvalue weighted by atomic mass is 79.9. The second-order valence-electron chi connectivity index (χ2n) is 4.02. The van der Waals surface area contributed by atoms with Gasteiger partial charge < -0.3 is 4.90 Å². The number of nitrogens with zero attached hydrogens (tertiary/aromatic N) is 1. The van der Waals surface area contributed by atoms with Gasteiger partial charge in [-0.05, 0) is 12.1 Å². The lowest BCUT2D eigenvalue weighted by Gasteiger charge is -2.19. The molecule has 9 heteroatoms. The molecule has 104 valence electrons. The Morgan fingerprint density at radius 3 is 2.26 bits per heavy atom. The summed E-state index contributed by atoms with van der Waals surface area (Å²) in [6, 6.07) is 3.04. The van der Waals surface area contributed by atoms with E-state index < -0.39 is 27.8 Å². The summed E-state index contributed by atoms with van der Waals surface area (Å²) in [5.74, 6) is -0.530. The lowest BCUT2D eigenvalue weighted by atomic mass is 10.3. The van der Waals surface area contributed by atoms with E-state index in [1.165, 1.54) is 12.1 Å². The van der Waals surface area contributed by atoms with Crippen molar-refractivity contribution in [2.24, 2.45) is 0 Å². The Kier molecular flexibility index (Phi) is 4.11. The summed E-state index contributed by atoms with van der Waals surface area (Å²) in [4.78, 5) is 12.9. The summed E-state index contributed by atoms with van der Waals surface area (Å²) >= 11 is 15.2. The Morgan fingerprint density at radius 1 is 1.32 bits per heavy atom. The fourth-order valence-electron chi connectivity index (χ4n) is 1.87. The Labute approximate surface area is 127 Å². The Morgan fingerprint density at radius 2 is 1.84 bits per heavy atom. The molecule has 1 atom stereocenters. The molecule has 0 N–H and O–H groups in total. The van der Waals surface area contributed by atoms with Gasteiger partial charge in [0.1, 0.15) is 5.25 Å². The SMILES string of the molecule is O=C1CC(S(=O)(=O)F)CN1c1c(Cl)cc(Br)cc1Cl. The first-order valence-corrected chi connectivity index (χ1v) is 8.08. The number of amides is 1. The third-order valence-corrected chi connectivity index (χ3v) is 4.89. The highest BCUT2D eigenvalue weighted by Gasteiger charge is 2.40. The van der Waals surface area contributed by atoms with E-state index in [1.807, 2.05) is 0 Å². The van der Waals surface area contributed by atoms with Crippen LogP contribution in [0.2, 0.25) is 10.0 Å². The van der Waals surface area contributed by atoms with Gasteiger partial charge in [-0.1, -0.05) is 39.1 Å². The predicted octanol–water partition coefficient (Wildman–Crippen LogP) is 3.16. The van der Waals surface area contributed by atoms with Crippen LogP contribution >= 0.6 is 39.1 Å². The monoisotopic (exact) mass is 389 g/mol. The first-order valence-electron chi connectivity index (χ1n) is 5.08. The minimum Gasteiger partial charge on any atom is -0.308 e. The van der Waals surface area contributed by atoms with Crippen molar-refractivity contribution in [3.63, 3.8) is 0 Å². The van der Waals surface area contributed by atoms with Gasteiger partial charge in [0.15, 0.2) is 0 Å². The molecule has 1 aliphatic rings. The van der Waals surface area contributed by atoms with Crippen molar-refractivity contribution >= 4 is 60.9 Å². The summed E-state index contributed by atoms with van der Waals surface area (Å²) in [5, 5.41) is -1.01. The fourth-order valence-corrected chi connectivity index (χ4v) is 3.95. The van der Waals surface area contributed by atoms with Crippen LogP contribution < -0.4 is 4.90 Å².